The van der Waals surface area contributed by atoms with Crippen LogP contribution in [0.25, 0.3) is 0 Å². The Balaban J connectivity index is 1.54. The third kappa shape index (κ3) is 8.89. The third-order valence-electron chi connectivity index (χ3n) is 7.91. The van der Waals surface area contributed by atoms with Crippen LogP contribution in [-0.2, 0) is 18.0 Å². The smallest absolute Gasteiger partial charge is 0.378 e. The second-order valence-corrected chi connectivity index (χ2v) is 12.9. The van der Waals surface area contributed by atoms with Crippen molar-refractivity contribution in [2.45, 2.75) is 115 Å². The molecule has 0 aromatic rings. The zero-order valence-corrected chi connectivity index (χ0v) is 21.5. The summed E-state index contributed by atoms with van der Waals surface area (Å²) in [6, 6.07) is 0.827. The van der Waals surface area contributed by atoms with E-state index in [1.165, 1.54) is 89.9 Å². The molecule has 2 aliphatic rings. The molecule has 2 rings (SSSR count). The van der Waals surface area contributed by atoms with Gasteiger partial charge in [0.05, 0.1) is 6.10 Å². The van der Waals surface area contributed by atoms with Crippen LogP contribution in [0.4, 0.5) is 0 Å². The summed E-state index contributed by atoms with van der Waals surface area (Å²) in [7, 11) is 2.61. The van der Waals surface area contributed by atoms with Crippen molar-refractivity contribution in [2.24, 2.45) is 17.8 Å². The Morgan fingerprint density at radius 1 is 0.667 bits per heavy atom. The highest BCUT2D eigenvalue weighted by atomic mass is 28.4. The standard InChI is InChI=1S/C25H50O4Si/c1-5-6-7-8-9-11-22-12-14-23(15-13-22)24-16-18-25(19-17-24)29-20-10-21-30(26-2,27-3)28-4/h22-25H,5-21H2,1-4H3/t22-,23-,24-,25-. The molecular formula is C25H50O4Si. The minimum absolute atomic E-state index is 0.462. The van der Waals surface area contributed by atoms with Gasteiger partial charge in [-0.05, 0) is 62.7 Å². The maximum absolute atomic E-state index is 6.19. The van der Waals surface area contributed by atoms with E-state index in [0.717, 1.165) is 36.8 Å². The number of rotatable bonds is 15. The van der Waals surface area contributed by atoms with Crippen LogP contribution in [-0.4, -0.2) is 42.8 Å². The van der Waals surface area contributed by atoms with Crippen LogP contribution in [0.5, 0.6) is 0 Å². The maximum Gasteiger partial charge on any atom is 0.500 e. The average molecular weight is 443 g/mol. The quantitative estimate of drug-likeness (QED) is 0.202. The van der Waals surface area contributed by atoms with Crippen molar-refractivity contribution >= 4 is 8.80 Å². The van der Waals surface area contributed by atoms with Gasteiger partial charge in [-0.2, -0.15) is 0 Å². The number of hydrogen-bond donors (Lipinski definition) is 0. The molecule has 0 aromatic carbocycles. The van der Waals surface area contributed by atoms with E-state index < -0.39 is 8.80 Å². The van der Waals surface area contributed by atoms with Gasteiger partial charge in [0.25, 0.3) is 0 Å². The van der Waals surface area contributed by atoms with Gasteiger partial charge in [-0.3, -0.25) is 0 Å². The van der Waals surface area contributed by atoms with E-state index in [1.807, 2.05) is 0 Å². The summed E-state index contributed by atoms with van der Waals surface area (Å²) < 4.78 is 22.7. The molecule has 0 atom stereocenters. The maximum atomic E-state index is 6.19. The van der Waals surface area contributed by atoms with Crippen LogP contribution >= 0.6 is 0 Å². The van der Waals surface area contributed by atoms with E-state index in [2.05, 4.69) is 6.92 Å². The second kappa shape index (κ2) is 15.0. The molecule has 0 amide bonds. The minimum atomic E-state index is -2.44. The van der Waals surface area contributed by atoms with Gasteiger partial charge in [0.2, 0.25) is 0 Å². The summed E-state index contributed by atoms with van der Waals surface area (Å²) in [5.41, 5.74) is 0. The zero-order valence-electron chi connectivity index (χ0n) is 20.5. The molecule has 4 nitrogen and oxygen atoms in total. The van der Waals surface area contributed by atoms with Crippen molar-refractivity contribution < 1.29 is 18.0 Å². The average Bonchev–Trinajstić information content (AvgIpc) is 2.80. The SMILES string of the molecule is CCCCCCC[C@H]1CC[C@H]([C@H]2CC[C@H](OCCC[Si](OC)(OC)OC)CC2)CC1. The van der Waals surface area contributed by atoms with Crippen LogP contribution in [0.15, 0.2) is 0 Å². The highest BCUT2D eigenvalue weighted by Crippen LogP contribution is 2.41. The molecule has 0 saturated heterocycles. The first-order valence-corrected chi connectivity index (χ1v) is 14.9. The molecule has 2 fully saturated rings. The Morgan fingerprint density at radius 2 is 1.23 bits per heavy atom. The summed E-state index contributed by atoms with van der Waals surface area (Å²) in [6.07, 6.45) is 21.3. The molecule has 0 bridgehead atoms. The molecule has 2 aliphatic carbocycles. The molecule has 0 N–H and O–H groups in total. The first kappa shape index (κ1) is 26.3. The molecule has 5 heteroatoms. The van der Waals surface area contributed by atoms with Crippen LogP contribution in [0.2, 0.25) is 6.04 Å². The van der Waals surface area contributed by atoms with Crippen molar-refractivity contribution in [2.75, 3.05) is 27.9 Å². The van der Waals surface area contributed by atoms with E-state index in [4.69, 9.17) is 18.0 Å². The van der Waals surface area contributed by atoms with Crippen molar-refractivity contribution in [1.29, 1.82) is 0 Å². The Labute approximate surface area is 188 Å². The molecule has 2 saturated carbocycles. The Kier molecular flexibility index (Phi) is 13.2. The van der Waals surface area contributed by atoms with Gasteiger partial charge in [0.1, 0.15) is 0 Å². The van der Waals surface area contributed by atoms with E-state index in [9.17, 15) is 0 Å². The van der Waals surface area contributed by atoms with E-state index in [1.54, 1.807) is 21.3 Å². The highest BCUT2D eigenvalue weighted by Gasteiger charge is 2.37. The van der Waals surface area contributed by atoms with Crippen LogP contribution in [0.3, 0.4) is 0 Å². The van der Waals surface area contributed by atoms with E-state index in [-0.39, 0.29) is 0 Å². The molecule has 0 spiro atoms. The van der Waals surface area contributed by atoms with Gasteiger partial charge in [0.15, 0.2) is 0 Å². The summed E-state index contributed by atoms with van der Waals surface area (Å²) in [5, 5.41) is 0. The lowest BCUT2D eigenvalue weighted by atomic mass is 9.70. The molecule has 0 heterocycles. The second-order valence-electron chi connectivity index (χ2n) is 9.79. The molecular weight excluding hydrogens is 392 g/mol. The van der Waals surface area contributed by atoms with Gasteiger partial charge < -0.3 is 18.0 Å². The van der Waals surface area contributed by atoms with Crippen LogP contribution < -0.4 is 0 Å². The van der Waals surface area contributed by atoms with E-state index >= 15 is 0 Å². The summed E-state index contributed by atoms with van der Waals surface area (Å²) in [5.74, 6) is 2.99. The molecule has 30 heavy (non-hydrogen) atoms. The minimum Gasteiger partial charge on any atom is -0.378 e. The summed E-state index contributed by atoms with van der Waals surface area (Å²) >= 11 is 0. The normalized spacial score (nSPS) is 28.0. The predicted octanol–water partition coefficient (Wildman–Crippen LogP) is 7.00. The number of ether oxygens (including phenoxy) is 1. The Hall–Kier alpha value is 0.0569. The first-order chi connectivity index (χ1) is 14.7. The Bertz CT molecular complexity index is 405. The Morgan fingerprint density at radius 3 is 1.80 bits per heavy atom. The topological polar surface area (TPSA) is 36.9 Å². The van der Waals surface area contributed by atoms with Crippen LogP contribution in [0, 0.1) is 17.8 Å². The van der Waals surface area contributed by atoms with Gasteiger partial charge in [-0.15, -0.1) is 0 Å². The molecule has 0 aliphatic heterocycles. The zero-order chi connectivity index (χ0) is 21.7. The fourth-order valence-electron chi connectivity index (χ4n) is 5.81. The number of hydrogen-bond acceptors (Lipinski definition) is 4. The van der Waals surface area contributed by atoms with E-state index in [0.29, 0.717) is 6.10 Å². The monoisotopic (exact) mass is 442 g/mol. The largest absolute Gasteiger partial charge is 0.500 e. The summed E-state index contributed by atoms with van der Waals surface area (Å²) in [4.78, 5) is 0. The molecule has 0 aromatic heterocycles. The predicted molar refractivity (Wildman–Crippen MR) is 127 cm³/mol. The lowest BCUT2D eigenvalue weighted by molar-refractivity contribution is 0.00547. The number of unbranched alkanes of at least 4 members (excludes halogenated alkanes) is 4. The molecule has 0 unspecified atom stereocenters. The van der Waals surface area contributed by atoms with Gasteiger partial charge in [0, 0.05) is 34.0 Å². The fourth-order valence-corrected chi connectivity index (χ4v) is 7.50. The van der Waals surface area contributed by atoms with Crippen molar-refractivity contribution in [3.05, 3.63) is 0 Å². The fraction of sp³-hybridized carbons (Fsp3) is 1.00. The third-order valence-corrected chi connectivity index (χ3v) is 10.7. The summed E-state index contributed by atoms with van der Waals surface area (Å²) in [6.45, 7) is 3.10. The van der Waals surface area contributed by atoms with Crippen molar-refractivity contribution in [1.82, 2.24) is 0 Å². The van der Waals surface area contributed by atoms with Gasteiger partial charge in [-0.25, -0.2) is 0 Å². The van der Waals surface area contributed by atoms with Crippen molar-refractivity contribution in [3.8, 4) is 0 Å². The molecule has 0 radical (unpaired) electrons. The lowest BCUT2D eigenvalue weighted by Gasteiger charge is -2.38. The molecule has 178 valence electrons. The van der Waals surface area contributed by atoms with Gasteiger partial charge >= 0.3 is 8.80 Å². The van der Waals surface area contributed by atoms with Crippen molar-refractivity contribution in [3.63, 3.8) is 0 Å². The van der Waals surface area contributed by atoms with Crippen LogP contribution in [0.1, 0.15) is 103 Å². The first-order valence-electron chi connectivity index (χ1n) is 12.9. The highest BCUT2D eigenvalue weighted by molar-refractivity contribution is 6.60. The van der Waals surface area contributed by atoms with Gasteiger partial charge in [-0.1, -0.05) is 58.3 Å². The lowest BCUT2D eigenvalue weighted by Crippen LogP contribution is -2.42.